The van der Waals surface area contributed by atoms with Crippen LogP contribution in [0.25, 0.3) is 11.2 Å². The molecule has 2 heterocycles. The monoisotopic (exact) mass is 232 g/mol. The van der Waals surface area contributed by atoms with Gasteiger partial charge >= 0.3 is 0 Å². The summed E-state index contributed by atoms with van der Waals surface area (Å²) >= 11 is 0. The molecule has 2 aromatic heterocycles. The molecule has 92 valence electrons. The van der Waals surface area contributed by atoms with Gasteiger partial charge in [-0.1, -0.05) is 13.8 Å². The highest BCUT2D eigenvalue weighted by molar-refractivity contribution is 5.71. The second-order valence-electron chi connectivity index (χ2n) is 4.80. The zero-order valence-corrected chi connectivity index (χ0v) is 10.7. The van der Waals surface area contributed by atoms with Crippen molar-refractivity contribution in [1.29, 1.82) is 0 Å². The maximum Gasteiger partial charge on any atom is 0.160 e. The lowest BCUT2D eigenvalue weighted by atomic mass is 10.0. The van der Waals surface area contributed by atoms with Gasteiger partial charge in [-0.3, -0.25) is 0 Å². The number of aryl methyl sites for hydroxylation is 1. The molecule has 0 saturated heterocycles. The molecule has 0 aliphatic rings. The highest BCUT2D eigenvalue weighted by Crippen LogP contribution is 2.22. The molecule has 2 aromatic rings. The van der Waals surface area contributed by atoms with Gasteiger partial charge in [-0.25, -0.2) is 9.97 Å². The van der Waals surface area contributed by atoms with Crippen LogP contribution in [-0.2, 0) is 6.54 Å². The maximum atomic E-state index is 6.23. The summed E-state index contributed by atoms with van der Waals surface area (Å²) in [6.45, 7) is 7.31. The Morgan fingerprint density at radius 1 is 1.41 bits per heavy atom. The second kappa shape index (κ2) is 4.84. The van der Waals surface area contributed by atoms with E-state index < -0.39 is 0 Å². The molecule has 17 heavy (non-hydrogen) atoms. The smallest absolute Gasteiger partial charge is 0.160 e. The Kier molecular flexibility index (Phi) is 3.43. The van der Waals surface area contributed by atoms with Gasteiger partial charge in [0, 0.05) is 12.7 Å². The van der Waals surface area contributed by atoms with Gasteiger partial charge in [-0.2, -0.15) is 0 Å². The fourth-order valence-corrected chi connectivity index (χ4v) is 2.18. The van der Waals surface area contributed by atoms with Crippen molar-refractivity contribution in [2.75, 3.05) is 0 Å². The van der Waals surface area contributed by atoms with Crippen molar-refractivity contribution in [2.24, 2.45) is 11.7 Å². The number of nitrogens with two attached hydrogens (primary N) is 1. The van der Waals surface area contributed by atoms with Crippen LogP contribution in [0.5, 0.6) is 0 Å². The van der Waals surface area contributed by atoms with Gasteiger partial charge < -0.3 is 10.3 Å². The number of aromatic nitrogens is 3. The quantitative estimate of drug-likeness (QED) is 0.881. The average Bonchev–Trinajstić information content (AvgIpc) is 2.66. The standard InChI is InChI=1S/C13H20N4/c1-4-17-12(10(14)8-9(2)3)16-11-6-5-7-15-13(11)17/h5-7,9-10H,4,8,14H2,1-3H3/t10-/m1/s1. The maximum absolute atomic E-state index is 6.23. The number of hydrogen-bond donors (Lipinski definition) is 1. The van der Waals surface area contributed by atoms with E-state index in [4.69, 9.17) is 5.73 Å². The highest BCUT2D eigenvalue weighted by Gasteiger charge is 2.17. The summed E-state index contributed by atoms with van der Waals surface area (Å²) in [5, 5.41) is 0. The molecule has 0 radical (unpaired) electrons. The molecule has 0 spiro atoms. The first-order chi connectivity index (χ1) is 8.13. The van der Waals surface area contributed by atoms with Crippen LogP contribution in [0.3, 0.4) is 0 Å². The fraction of sp³-hybridized carbons (Fsp3) is 0.538. The van der Waals surface area contributed by atoms with E-state index in [1.54, 1.807) is 6.20 Å². The molecule has 0 aliphatic heterocycles. The molecular weight excluding hydrogens is 212 g/mol. The van der Waals surface area contributed by atoms with Crippen molar-refractivity contribution in [3.05, 3.63) is 24.2 Å². The van der Waals surface area contributed by atoms with Crippen LogP contribution in [0, 0.1) is 5.92 Å². The number of rotatable bonds is 4. The molecule has 2 rings (SSSR count). The number of hydrogen-bond acceptors (Lipinski definition) is 3. The Hall–Kier alpha value is -1.42. The molecular formula is C13H20N4. The third kappa shape index (κ3) is 2.31. The van der Waals surface area contributed by atoms with Gasteiger partial charge in [0.15, 0.2) is 5.65 Å². The molecule has 4 heteroatoms. The Morgan fingerprint density at radius 3 is 2.82 bits per heavy atom. The molecule has 0 fully saturated rings. The molecule has 1 atom stereocenters. The van der Waals surface area contributed by atoms with E-state index >= 15 is 0 Å². The van der Waals surface area contributed by atoms with E-state index in [-0.39, 0.29) is 6.04 Å². The summed E-state index contributed by atoms with van der Waals surface area (Å²) in [6.07, 6.45) is 2.75. The predicted molar refractivity (Wildman–Crippen MR) is 69.6 cm³/mol. The van der Waals surface area contributed by atoms with Gasteiger partial charge in [0.05, 0.1) is 6.04 Å². The van der Waals surface area contributed by atoms with Crippen LogP contribution in [0.1, 0.15) is 39.1 Å². The summed E-state index contributed by atoms with van der Waals surface area (Å²) in [4.78, 5) is 8.99. The third-order valence-corrected chi connectivity index (χ3v) is 2.91. The zero-order valence-electron chi connectivity index (χ0n) is 10.7. The third-order valence-electron chi connectivity index (χ3n) is 2.91. The van der Waals surface area contributed by atoms with E-state index in [2.05, 4.69) is 35.3 Å². The van der Waals surface area contributed by atoms with E-state index in [0.29, 0.717) is 5.92 Å². The normalized spacial score (nSPS) is 13.5. The first-order valence-corrected chi connectivity index (χ1v) is 6.20. The Bertz CT molecular complexity index is 501. The lowest BCUT2D eigenvalue weighted by molar-refractivity contribution is 0.479. The molecule has 2 N–H and O–H groups in total. The van der Waals surface area contributed by atoms with Crippen LogP contribution < -0.4 is 5.73 Å². The van der Waals surface area contributed by atoms with E-state index in [1.165, 1.54) is 0 Å². The highest BCUT2D eigenvalue weighted by atomic mass is 15.1. The fourth-order valence-electron chi connectivity index (χ4n) is 2.18. The largest absolute Gasteiger partial charge is 0.321 e. The molecule has 0 unspecified atom stereocenters. The number of imidazole rings is 1. The minimum atomic E-state index is -0.0100. The average molecular weight is 232 g/mol. The van der Waals surface area contributed by atoms with Gasteiger partial charge in [-0.05, 0) is 31.4 Å². The minimum Gasteiger partial charge on any atom is -0.321 e. The number of fused-ring (bicyclic) bond motifs is 1. The van der Waals surface area contributed by atoms with Gasteiger partial charge in [0.2, 0.25) is 0 Å². The summed E-state index contributed by atoms with van der Waals surface area (Å²) < 4.78 is 2.11. The summed E-state index contributed by atoms with van der Waals surface area (Å²) in [7, 11) is 0. The van der Waals surface area contributed by atoms with Crippen molar-refractivity contribution < 1.29 is 0 Å². The van der Waals surface area contributed by atoms with Crippen LogP contribution in [0.2, 0.25) is 0 Å². The number of nitrogens with zero attached hydrogens (tertiary/aromatic N) is 3. The van der Waals surface area contributed by atoms with Crippen LogP contribution in [0.4, 0.5) is 0 Å². The Balaban J connectivity index is 2.45. The lowest BCUT2D eigenvalue weighted by Crippen LogP contribution is -2.18. The zero-order chi connectivity index (χ0) is 12.4. The molecule has 0 bridgehead atoms. The lowest BCUT2D eigenvalue weighted by Gasteiger charge is -2.14. The van der Waals surface area contributed by atoms with E-state index in [0.717, 1.165) is 30.0 Å². The van der Waals surface area contributed by atoms with Crippen molar-refractivity contribution in [3.63, 3.8) is 0 Å². The summed E-state index contributed by atoms with van der Waals surface area (Å²) in [5.74, 6) is 1.53. The van der Waals surface area contributed by atoms with Crippen molar-refractivity contribution in [1.82, 2.24) is 14.5 Å². The van der Waals surface area contributed by atoms with Crippen LogP contribution in [-0.4, -0.2) is 14.5 Å². The Morgan fingerprint density at radius 2 is 2.18 bits per heavy atom. The SMILES string of the molecule is CCn1c([C@H](N)CC(C)C)nc2cccnc21. The molecule has 0 aromatic carbocycles. The molecule has 0 aliphatic carbocycles. The van der Waals surface area contributed by atoms with Crippen molar-refractivity contribution in [3.8, 4) is 0 Å². The van der Waals surface area contributed by atoms with E-state index in [1.807, 2.05) is 12.1 Å². The molecule has 4 nitrogen and oxygen atoms in total. The van der Waals surface area contributed by atoms with Crippen LogP contribution >= 0.6 is 0 Å². The first-order valence-electron chi connectivity index (χ1n) is 6.20. The second-order valence-corrected chi connectivity index (χ2v) is 4.80. The van der Waals surface area contributed by atoms with Gasteiger partial charge in [0.25, 0.3) is 0 Å². The van der Waals surface area contributed by atoms with Gasteiger partial charge in [-0.15, -0.1) is 0 Å². The first kappa shape index (κ1) is 12.0. The summed E-state index contributed by atoms with van der Waals surface area (Å²) in [6, 6.07) is 3.89. The number of pyridine rings is 1. The summed E-state index contributed by atoms with van der Waals surface area (Å²) in [5.41, 5.74) is 8.09. The Labute approximate surface area is 102 Å². The van der Waals surface area contributed by atoms with Gasteiger partial charge in [0.1, 0.15) is 11.3 Å². The van der Waals surface area contributed by atoms with Crippen molar-refractivity contribution >= 4 is 11.2 Å². The molecule has 0 saturated carbocycles. The molecule has 0 amide bonds. The van der Waals surface area contributed by atoms with Crippen LogP contribution in [0.15, 0.2) is 18.3 Å². The minimum absolute atomic E-state index is 0.0100. The predicted octanol–water partition coefficient (Wildman–Crippen LogP) is 2.50. The topological polar surface area (TPSA) is 56.7 Å². The van der Waals surface area contributed by atoms with E-state index in [9.17, 15) is 0 Å². The van der Waals surface area contributed by atoms with Crippen molar-refractivity contribution in [2.45, 2.75) is 39.8 Å².